The highest BCUT2D eigenvalue weighted by Gasteiger charge is 2.15. The molecule has 5 heteroatoms. The highest BCUT2D eigenvalue weighted by atomic mass is 35.5. The predicted octanol–water partition coefficient (Wildman–Crippen LogP) is 3.34. The van der Waals surface area contributed by atoms with Crippen LogP contribution in [0.1, 0.15) is 17.0 Å². The summed E-state index contributed by atoms with van der Waals surface area (Å²) in [6.45, 7) is 2.72. The standard InChI is InChI=1S/C19H19ClN4/c20-16-5-3-14(4-6-16)17-2-1-9-22-18(17)13-24-19-8-11-21-10-7-15(19)12-23-24/h1-6,9,12,21H,7-8,10-11,13H2. The van der Waals surface area contributed by atoms with Crippen molar-refractivity contribution >= 4 is 11.6 Å². The summed E-state index contributed by atoms with van der Waals surface area (Å²) >= 11 is 6.01. The van der Waals surface area contributed by atoms with Gasteiger partial charge in [0.25, 0.3) is 0 Å². The second-order valence-electron chi connectivity index (χ2n) is 6.03. The molecule has 3 aromatic rings. The highest BCUT2D eigenvalue weighted by Crippen LogP contribution is 2.25. The van der Waals surface area contributed by atoms with E-state index in [1.54, 1.807) is 0 Å². The van der Waals surface area contributed by atoms with Gasteiger partial charge in [0, 0.05) is 35.4 Å². The number of aromatic nitrogens is 3. The zero-order valence-electron chi connectivity index (χ0n) is 13.4. The number of halogens is 1. The van der Waals surface area contributed by atoms with Crippen molar-refractivity contribution in [2.24, 2.45) is 0 Å². The van der Waals surface area contributed by atoms with Crippen molar-refractivity contribution in [2.75, 3.05) is 13.1 Å². The van der Waals surface area contributed by atoms with E-state index < -0.39 is 0 Å². The van der Waals surface area contributed by atoms with E-state index in [9.17, 15) is 0 Å². The van der Waals surface area contributed by atoms with Crippen LogP contribution in [0.4, 0.5) is 0 Å². The Morgan fingerprint density at radius 1 is 1.08 bits per heavy atom. The first kappa shape index (κ1) is 15.4. The van der Waals surface area contributed by atoms with Gasteiger partial charge in [0.1, 0.15) is 0 Å². The van der Waals surface area contributed by atoms with Crippen LogP contribution < -0.4 is 5.32 Å². The molecule has 0 saturated carbocycles. The lowest BCUT2D eigenvalue weighted by Crippen LogP contribution is -2.17. The van der Waals surface area contributed by atoms with Gasteiger partial charge in [-0.05, 0) is 42.3 Å². The lowest BCUT2D eigenvalue weighted by atomic mass is 10.0. The fourth-order valence-corrected chi connectivity index (χ4v) is 3.36. The van der Waals surface area contributed by atoms with Crippen molar-refractivity contribution < 1.29 is 0 Å². The van der Waals surface area contributed by atoms with E-state index in [1.807, 2.05) is 42.7 Å². The third kappa shape index (κ3) is 3.07. The lowest BCUT2D eigenvalue weighted by molar-refractivity contribution is 0.619. The maximum absolute atomic E-state index is 6.01. The fraction of sp³-hybridized carbons (Fsp3) is 0.263. The second-order valence-corrected chi connectivity index (χ2v) is 6.47. The van der Waals surface area contributed by atoms with Gasteiger partial charge in [0.15, 0.2) is 0 Å². The minimum atomic E-state index is 0.689. The van der Waals surface area contributed by atoms with Gasteiger partial charge in [-0.2, -0.15) is 5.10 Å². The van der Waals surface area contributed by atoms with E-state index in [2.05, 4.69) is 26.1 Å². The number of fused-ring (bicyclic) bond motifs is 1. The van der Waals surface area contributed by atoms with Crippen LogP contribution in [0.2, 0.25) is 5.02 Å². The number of hydrogen-bond acceptors (Lipinski definition) is 3. The van der Waals surface area contributed by atoms with Crippen LogP contribution in [0.5, 0.6) is 0 Å². The lowest BCUT2D eigenvalue weighted by Gasteiger charge is -2.11. The molecule has 0 fully saturated rings. The molecule has 122 valence electrons. The Labute approximate surface area is 146 Å². The molecule has 4 nitrogen and oxygen atoms in total. The third-order valence-electron chi connectivity index (χ3n) is 4.49. The average molecular weight is 339 g/mol. The molecule has 0 unspecified atom stereocenters. The van der Waals surface area contributed by atoms with Gasteiger partial charge >= 0.3 is 0 Å². The summed E-state index contributed by atoms with van der Waals surface area (Å²) in [7, 11) is 0. The summed E-state index contributed by atoms with van der Waals surface area (Å²) < 4.78 is 2.10. The van der Waals surface area contributed by atoms with Crippen molar-refractivity contribution in [3.63, 3.8) is 0 Å². The van der Waals surface area contributed by atoms with Gasteiger partial charge in [-0.1, -0.05) is 29.8 Å². The molecule has 0 atom stereocenters. The van der Waals surface area contributed by atoms with Crippen LogP contribution in [-0.4, -0.2) is 27.9 Å². The van der Waals surface area contributed by atoms with Crippen LogP contribution in [0.25, 0.3) is 11.1 Å². The Kier molecular flexibility index (Phi) is 4.32. The van der Waals surface area contributed by atoms with Crippen LogP contribution >= 0.6 is 11.6 Å². The van der Waals surface area contributed by atoms with E-state index >= 15 is 0 Å². The van der Waals surface area contributed by atoms with Crippen molar-refractivity contribution in [1.29, 1.82) is 0 Å². The summed E-state index contributed by atoms with van der Waals surface area (Å²) in [4.78, 5) is 4.62. The monoisotopic (exact) mass is 338 g/mol. The van der Waals surface area contributed by atoms with Crippen molar-refractivity contribution in [3.8, 4) is 11.1 Å². The Hall–Kier alpha value is -2.17. The Morgan fingerprint density at radius 2 is 1.92 bits per heavy atom. The van der Waals surface area contributed by atoms with Gasteiger partial charge in [0.2, 0.25) is 0 Å². The number of rotatable bonds is 3. The summed E-state index contributed by atoms with van der Waals surface area (Å²) in [6, 6.07) is 12.0. The van der Waals surface area contributed by atoms with Crippen molar-refractivity contribution in [2.45, 2.75) is 19.4 Å². The van der Waals surface area contributed by atoms with Gasteiger partial charge < -0.3 is 5.32 Å². The predicted molar refractivity (Wildman–Crippen MR) is 96.3 cm³/mol. The van der Waals surface area contributed by atoms with Crippen LogP contribution in [0, 0.1) is 0 Å². The first-order valence-corrected chi connectivity index (χ1v) is 8.63. The first-order chi connectivity index (χ1) is 11.8. The molecule has 24 heavy (non-hydrogen) atoms. The molecule has 2 aromatic heterocycles. The first-order valence-electron chi connectivity index (χ1n) is 8.25. The number of nitrogens with one attached hydrogen (secondary N) is 1. The topological polar surface area (TPSA) is 42.7 Å². The minimum Gasteiger partial charge on any atom is -0.316 e. The molecule has 1 aliphatic rings. The molecule has 1 N–H and O–H groups in total. The number of pyridine rings is 1. The molecule has 0 spiro atoms. The number of benzene rings is 1. The van der Waals surface area contributed by atoms with Gasteiger partial charge in [-0.15, -0.1) is 0 Å². The molecule has 0 amide bonds. The number of hydrogen-bond donors (Lipinski definition) is 1. The Balaban J connectivity index is 1.69. The zero-order valence-corrected chi connectivity index (χ0v) is 14.1. The molecular weight excluding hydrogens is 320 g/mol. The summed E-state index contributed by atoms with van der Waals surface area (Å²) in [5.41, 5.74) is 5.96. The molecule has 0 saturated heterocycles. The SMILES string of the molecule is Clc1ccc(-c2cccnc2Cn2ncc3c2CCNCC3)cc1. The molecule has 0 aliphatic carbocycles. The summed E-state index contributed by atoms with van der Waals surface area (Å²) in [6.07, 6.45) is 5.91. The largest absolute Gasteiger partial charge is 0.316 e. The smallest absolute Gasteiger partial charge is 0.0840 e. The quantitative estimate of drug-likeness (QED) is 0.796. The average Bonchev–Trinajstić information content (AvgIpc) is 2.83. The molecular formula is C19H19ClN4. The highest BCUT2D eigenvalue weighted by molar-refractivity contribution is 6.30. The molecule has 4 rings (SSSR count). The summed E-state index contributed by atoms with van der Waals surface area (Å²) in [5, 5.41) is 8.80. The molecule has 1 aliphatic heterocycles. The van der Waals surface area contributed by atoms with Gasteiger partial charge in [-0.25, -0.2) is 0 Å². The van der Waals surface area contributed by atoms with Crippen molar-refractivity contribution in [3.05, 3.63) is 70.8 Å². The van der Waals surface area contributed by atoms with E-state index in [-0.39, 0.29) is 0 Å². The third-order valence-corrected chi connectivity index (χ3v) is 4.74. The van der Waals surface area contributed by atoms with Gasteiger partial charge in [0.05, 0.1) is 18.4 Å². The minimum absolute atomic E-state index is 0.689. The van der Waals surface area contributed by atoms with Gasteiger partial charge in [-0.3, -0.25) is 9.67 Å². The molecule has 3 heterocycles. The maximum Gasteiger partial charge on any atom is 0.0840 e. The zero-order chi connectivity index (χ0) is 16.4. The van der Waals surface area contributed by atoms with E-state index in [1.165, 1.54) is 11.3 Å². The fourth-order valence-electron chi connectivity index (χ4n) is 3.24. The maximum atomic E-state index is 6.01. The van der Waals surface area contributed by atoms with Crippen LogP contribution in [0.3, 0.4) is 0 Å². The van der Waals surface area contributed by atoms with E-state index in [0.29, 0.717) is 6.54 Å². The molecule has 1 aromatic carbocycles. The Morgan fingerprint density at radius 3 is 2.79 bits per heavy atom. The molecule has 0 bridgehead atoms. The van der Waals surface area contributed by atoms with Crippen molar-refractivity contribution in [1.82, 2.24) is 20.1 Å². The Bertz CT molecular complexity index is 839. The van der Waals surface area contributed by atoms with Crippen LogP contribution in [0.15, 0.2) is 48.8 Å². The summed E-state index contributed by atoms with van der Waals surface area (Å²) in [5.74, 6) is 0. The number of nitrogens with zero attached hydrogens (tertiary/aromatic N) is 3. The van der Waals surface area contributed by atoms with E-state index in [4.69, 9.17) is 11.6 Å². The van der Waals surface area contributed by atoms with Crippen LogP contribution in [-0.2, 0) is 19.4 Å². The molecule has 0 radical (unpaired) electrons. The van der Waals surface area contributed by atoms with E-state index in [0.717, 1.165) is 47.8 Å². The normalized spacial score (nSPS) is 14.2. The second kappa shape index (κ2) is 6.75.